The number of allylic oxidation sites excluding steroid dienone is 3. The molecule has 0 aliphatic carbocycles. The Kier molecular flexibility index (Phi) is 16.5. The largest absolute Gasteiger partial charge is 0.139 e. The molecule has 0 bridgehead atoms. The van der Waals surface area contributed by atoms with Crippen molar-refractivity contribution in [1.29, 1.82) is 0 Å². The second kappa shape index (κ2) is 20.8. The van der Waals surface area contributed by atoms with Crippen molar-refractivity contribution in [2.24, 2.45) is 23.7 Å². The van der Waals surface area contributed by atoms with Crippen LogP contribution in [0.25, 0.3) is 20.9 Å². The van der Waals surface area contributed by atoms with Gasteiger partial charge >= 0.3 is 0 Å². The normalized spacial score (nSPS) is 17.8. The zero-order chi connectivity index (χ0) is 37.9. The first-order chi connectivity index (χ1) is 25.5. The average molecular weight is 783 g/mol. The molecule has 2 aliphatic heterocycles. The highest BCUT2D eigenvalue weighted by Crippen LogP contribution is 2.58. The van der Waals surface area contributed by atoms with Gasteiger partial charge in [-0.25, -0.2) is 0 Å². The van der Waals surface area contributed by atoms with Crippen molar-refractivity contribution in [2.45, 2.75) is 147 Å². The van der Waals surface area contributed by atoms with Crippen LogP contribution in [-0.4, -0.2) is 5.25 Å². The number of benzene rings is 2. The predicted octanol–water partition coefficient (Wildman–Crippen LogP) is 16.9. The van der Waals surface area contributed by atoms with Crippen LogP contribution in [0.2, 0.25) is 0 Å². The van der Waals surface area contributed by atoms with Gasteiger partial charge in [0.05, 0.1) is 5.25 Å². The summed E-state index contributed by atoms with van der Waals surface area (Å²) >= 11 is 8.12. The van der Waals surface area contributed by atoms with E-state index in [1.54, 1.807) is 4.88 Å². The van der Waals surface area contributed by atoms with Crippen LogP contribution in [0.15, 0.2) is 93.6 Å². The summed E-state index contributed by atoms with van der Waals surface area (Å²) in [6, 6.07) is 23.8. The average Bonchev–Trinajstić information content (AvgIpc) is 3.84. The van der Waals surface area contributed by atoms with Gasteiger partial charge in [-0.05, 0) is 90.7 Å². The van der Waals surface area contributed by atoms with E-state index in [1.807, 2.05) is 34.4 Å². The van der Waals surface area contributed by atoms with Crippen molar-refractivity contribution in [3.63, 3.8) is 0 Å². The number of hydrogen-bond donors (Lipinski definition) is 0. The van der Waals surface area contributed by atoms with E-state index in [2.05, 4.69) is 153 Å². The van der Waals surface area contributed by atoms with Gasteiger partial charge in [-0.3, -0.25) is 0 Å². The molecule has 53 heavy (non-hydrogen) atoms. The van der Waals surface area contributed by atoms with Crippen molar-refractivity contribution >= 4 is 46.2 Å². The molecule has 2 aromatic carbocycles. The van der Waals surface area contributed by atoms with Crippen LogP contribution < -0.4 is 0 Å². The molecule has 4 atom stereocenters. The molecule has 2 aliphatic rings. The lowest BCUT2D eigenvalue weighted by Crippen LogP contribution is -2.11. The number of thioether (sulfide) groups is 2. The summed E-state index contributed by atoms with van der Waals surface area (Å²) in [7, 11) is 0. The first-order valence-corrected chi connectivity index (χ1v) is 24.0. The minimum Gasteiger partial charge on any atom is -0.139 e. The highest BCUT2D eigenvalue weighted by atomic mass is 32.2. The van der Waals surface area contributed by atoms with Crippen LogP contribution in [0.3, 0.4) is 0 Å². The minimum absolute atomic E-state index is 0.437. The highest BCUT2D eigenvalue weighted by Gasteiger charge is 2.37. The highest BCUT2D eigenvalue weighted by molar-refractivity contribution is 8.06. The minimum atomic E-state index is 0.437. The maximum atomic E-state index is 2.53. The van der Waals surface area contributed by atoms with Gasteiger partial charge in [0.15, 0.2) is 0 Å². The van der Waals surface area contributed by atoms with Crippen molar-refractivity contribution in [3.8, 4) is 20.9 Å². The third-order valence-corrected chi connectivity index (χ3v) is 15.9. The second-order valence-corrected chi connectivity index (χ2v) is 21.3. The zero-order valence-electron chi connectivity index (χ0n) is 34.2. The van der Waals surface area contributed by atoms with Crippen molar-refractivity contribution in [2.75, 3.05) is 0 Å². The van der Waals surface area contributed by atoms with Gasteiger partial charge in [0.1, 0.15) is 0 Å². The van der Waals surface area contributed by atoms with E-state index in [-0.39, 0.29) is 0 Å². The Morgan fingerprint density at radius 2 is 1.26 bits per heavy atom. The maximum Gasteiger partial charge on any atom is 0.0516 e. The zero-order valence-corrected chi connectivity index (χ0v) is 37.4. The first-order valence-electron chi connectivity index (χ1n) is 20.7. The molecule has 0 amide bonds. The summed E-state index contributed by atoms with van der Waals surface area (Å²) in [5.41, 5.74) is 5.68. The van der Waals surface area contributed by atoms with E-state index in [0.717, 1.165) is 30.1 Å². The van der Waals surface area contributed by atoms with Crippen LogP contribution in [0, 0.1) is 23.7 Å². The van der Waals surface area contributed by atoms with E-state index >= 15 is 0 Å². The topological polar surface area (TPSA) is 0 Å². The molecule has 4 aromatic rings. The Balaban J connectivity index is 0.00000129. The monoisotopic (exact) mass is 782 g/mol. The summed E-state index contributed by atoms with van der Waals surface area (Å²) < 4.78 is 0. The van der Waals surface area contributed by atoms with Crippen LogP contribution in [0.5, 0.6) is 0 Å². The molecule has 0 spiro atoms. The molecule has 286 valence electrons. The van der Waals surface area contributed by atoms with Gasteiger partial charge < -0.3 is 0 Å². The molecule has 4 heterocycles. The quantitative estimate of drug-likeness (QED) is 0.104. The lowest BCUT2D eigenvalue weighted by molar-refractivity contribution is 0.437. The van der Waals surface area contributed by atoms with Gasteiger partial charge in [0.2, 0.25) is 0 Å². The molecular formula is C49H66S4. The fourth-order valence-corrected chi connectivity index (χ4v) is 12.9. The first kappa shape index (κ1) is 42.2. The lowest BCUT2D eigenvalue weighted by atomic mass is 9.94. The molecule has 6 rings (SSSR count). The maximum absolute atomic E-state index is 2.53. The molecule has 0 fully saturated rings. The van der Waals surface area contributed by atoms with Crippen LogP contribution in [0.1, 0.15) is 134 Å². The van der Waals surface area contributed by atoms with Crippen molar-refractivity contribution in [1.82, 2.24) is 0 Å². The summed E-state index contributed by atoms with van der Waals surface area (Å²) in [5, 5.41) is 0.465. The summed E-state index contributed by atoms with van der Waals surface area (Å²) in [5.74, 6) is 3.72. The van der Waals surface area contributed by atoms with E-state index < -0.39 is 0 Å². The molecule has 0 saturated carbocycles. The third-order valence-electron chi connectivity index (χ3n) is 10.4. The smallest absolute Gasteiger partial charge is 0.0516 e. The van der Waals surface area contributed by atoms with Crippen molar-refractivity contribution in [3.05, 3.63) is 105 Å². The van der Waals surface area contributed by atoms with Crippen molar-refractivity contribution < 1.29 is 0 Å². The Morgan fingerprint density at radius 1 is 0.698 bits per heavy atom. The van der Waals surface area contributed by atoms with E-state index in [0.29, 0.717) is 11.2 Å². The Bertz CT molecular complexity index is 1740. The molecule has 2 aromatic heterocycles. The number of hydrogen-bond acceptors (Lipinski definition) is 4. The molecule has 0 radical (unpaired) electrons. The molecule has 0 saturated heterocycles. The molecular weight excluding hydrogens is 717 g/mol. The van der Waals surface area contributed by atoms with Gasteiger partial charge in [0.25, 0.3) is 0 Å². The summed E-state index contributed by atoms with van der Waals surface area (Å²) in [6.45, 7) is 20.5. The van der Waals surface area contributed by atoms with Gasteiger partial charge in [-0.2, -0.15) is 0 Å². The van der Waals surface area contributed by atoms with Crippen LogP contribution in [-0.2, 0) is 19.3 Å². The van der Waals surface area contributed by atoms with E-state index in [9.17, 15) is 0 Å². The second-order valence-electron chi connectivity index (χ2n) is 16.8. The third kappa shape index (κ3) is 12.3. The lowest BCUT2D eigenvalue weighted by Gasteiger charge is -2.22. The Labute approximate surface area is 340 Å². The van der Waals surface area contributed by atoms with Crippen LogP contribution in [0.4, 0.5) is 0 Å². The SMILES string of the molecule is C/C=C\C1c2sc(-c3ccc(CCC(C)CCC)cc3)cc2SC1C1=CCc2sc(-c3ccc(CCC(C)CCCC(C)C)cc3)cc2S1.CC(C)C. The van der Waals surface area contributed by atoms with Gasteiger partial charge in [-0.1, -0.05) is 166 Å². The molecule has 4 unspecified atom stereocenters. The van der Waals surface area contributed by atoms with E-state index in [1.165, 1.54) is 109 Å². The standard InChI is InChI=1S/C45H56S4.C4H10/c1-7-10-31(5)14-16-33-20-24-36(25-21-33)41-29-43-45(48-41)37(11-8-2)44(49-43)39-27-26-38-42(47-39)28-40(46-38)35-22-18-34(19-23-35)17-15-32(6)13-9-12-30(3)4;1-4(2)3/h8,11,18-25,27-32,37,44H,7,9-10,12-17,26H2,1-6H3;4H,1-3H3/b11-8-;. The number of fused-ring (bicyclic) bond motifs is 2. The summed E-state index contributed by atoms with van der Waals surface area (Å²) in [6.07, 6.45) is 20.0. The number of thiophene rings is 2. The Hall–Kier alpha value is -1.98. The van der Waals surface area contributed by atoms with E-state index in [4.69, 9.17) is 0 Å². The van der Waals surface area contributed by atoms with Crippen LogP contribution >= 0.6 is 46.2 Å². The molecule has 0 nitrogen and oxygen atoms in total. The number of aryl methyl sites for hydroxylation is 2. The fraction of sp³-hybridized carbons (Fsp3) is 0.510. The van der Waals surface area contributed by atoms with Gasteiger partial charge in [0, 0.05) is 46.5 Å². The predicted molar refractivity (Wildman–Crippen MR) is 243 cm³/mol. The molecule has 4 heteroatoms. The van der Waals surface area contributed by atoms with Gasteiger partial charge in [-0.15, -0.1) is 34.4 Å². The summed E-state index contributed by atoms with van der Waals surface area (Å²) in [4.78, 5) is 10.4. The Morgan fingerprint density at radius 3 is 1.83 bits per heavy atom. The molecule has 0 N–H and O–H groups in total. The number of rotatable bonds is 16. The fourth-order valence-electron chi connectivity index (χ4n) is 7.31.